The average Bonchev–Trinajstić information content (AvgIpc) is 3.63. The molecule has 0 bridgehead atoms. The first-order chi connectivity index (χ1) is 16.9. The van der Waals surface area contributed by atoms with Crippen molar-refractivity contribution in [1.82, 2.24) is 20.5 Å². The van der Waals surface area contributed by atoms with Crippen molar-refractivity contribution in [2.75, 3.05) is 27.7 Å². The van der Waals surface area contributed by atoms with Crippen LogP contribution in [0.4, 0.5) is 13.2 Å². The van der Waals surface area contributed by atoms with Crippen molar-refractivity contribution in [3.8, 4) is 0 Å². The number of hydrogen-bond donors (Lipinski definition) is 2. The molecular formula is C27H35F3N4O2. The Bertz CT molecular complexity index is 1080. The van der Waals surface area contributed by atoms with Gasteiger partial charge in [-0.2, -0.15) is 13.2 Å². The molecule has 1 aliphatic rings. The zero-order valence-corrected chi connectivity index (χ0v) is 21.5. The zero-order valence-electron chi connectivity index (χ0n) is 21.5. The first-order valence-electron chi connectivity index (χ1n) is 12.1. The van der Waals surface area contributed by atoms with Crippen LogP contribution in [0.25, 0.3) is 0 Å². The third-order valence-corrected chi connectivity index (χ3v) is 7.30. The number of carbonyl (C=O) groups excluding carboxylic acids is 2. The van der Waals surface area contributed by atoms with Gasteiger partial charge in [0.25, 0.3) is 5.91 Å². The Hall–Kier alpha value is -2.94. The Kier molecular flexibility index (Phi) is 8.44. The van der Waals surface area contributed by atoms with Gasteiger partial charge in [0.1, 0.15) is 0 Å². The molecule has 1 fully saturated rings. The predicted octanol–water partition coefficient (Wildman–Crippen LogP) is 4.16. The van der Waals surface area contributed by atoms with Crippen LogP contribution in [0.2, 0.25) is 0 Å². The molecule has 1 aromatic heterocycles. The highest BCUT2D eigenvalue weighted by Gasteiger charge is 2.67. The molecule has 1 aromatic carbocycles. The molecule has 0 aliphatic heterocycles. The smallest absolute Gasteiger partial charge is 0.355 e. The maximum Gasteiger partial charge on any atom is 0.395 e. The van der Waals surface area contributed by atoms with E-state index in [1.807, 2.05) is 38.1 Å². The van der Waals surface area contributed by atoms with Gasteiger partial charge in [-0.1, -0.05) is 12.1 Å². The number of alkyl halides is 3. The summed E-state index contributed by atoms with van der Waals surface area (Å²) in [6, 6.07) is 8.76. The highest BCUT2D eigenvalue weighted by atomic mass is 19.4. The summed E-state index contributed by atoms with van der Waals surface area (Å²) in [5, 5.41) is 5.48. The molecule has 0 saturated heterocycles. The quantitative estimate of drug-likeness (QED) is 0.510. The fourth-order valence-corrected chi connectivity index (χ4v) is 4.67. The summed E-state index contributed by atoms with van der Waals surface area (Å²) in [5.41, 5.74) is 1.86. The monoisotopic (exact) mass is 504 g/mol. The number of rotatable bonds is 10. The largest absolute Gasteiger partial charge is 0.395 e. The third kappa shape index (κ3) is 6.24. The molecular weight excluding hydrogens is 469 g/mol. The SMILES string of the molecule is CNC(=O)c1ccc(C[C@@H](CNC(=O)C[C@H](c2ccc(C)nc2)C2(C(F)(F)F)CC2)N(C)C)c(C)c1. The van der Waals surface area contributed by atoms with Crippen LogP contribution in [0.5, 0.6) is 0 Å². The topological polar surface area (TPSA) is 74.3 Å². The van der Waals surface area contributed by atoms with Crippen molar-refractivity contribution < 1.29 is 22.8 Å². The number of benzene rings is 1. The predicted molar refractivity (Wildman–Crippen MR) is 133 cm³/mol. The second-order valence-electron chi connectivity index (χ2n) is 9.99. The van der Waals surface area contributed by atoms with Crippen LogP contribution in [-0.4, -0.2) is 61.6 Å². The van der Waals surface area contributed by atoms with Gasteiger partial charge < -0.3 is 15.5 Å². The minimum atomic E-state index is -4.38. The number of nitrogens with one attached hydrogen (secondary N) is 2. The lowest BCUT2D eigenvalue weighted by Gasteiger charge is -2.30. The summed E-state index contributed by atoms with van der Waals surface area (Å²) in [4.78, 5) is 31.0. The standard InChI is InChI=1S/C27H35F3N4O2/c1-17-12-20(25(36)31-3)9-8-19(17)13-22(34(4)5)16-33-24(35)14-23(21-7-6-18(2)32-15-21)26(10-11-26)27(28,29)30/h6-9,12,15,22-23H,10-11,13-14,16H2,1-5H3,(H,31,36)(H,33,35)/t22-,23+/m0/s1. The van der Waals surface area contributed by atoms with Gasteiger partial charge in [-0.15, -0.1) is 0 Å². The van der Waals surface area contributed by atoms with E-state index in [1.54, 1.807) is 32.2 Å². The lowest BCUT2D eigenvalue weighted by atomic mass is 9.80. The highest BCUT2D eigenvalue weighted by molar-refractivity contribution is 5.94. The molecule has 2 atom stereocenters. The van der Waals surface area contributed by atoms with Gasteiger partial charge in [-0.3, -0.25) is 14.6 Å². The molecule has 1 heterocycles. The van der Waals surface area contributed by atoms with Crippen LogP contribution in [0.15, 0.2) is 36.5 Å². The van der Waals surface area contributed by atoms with Crippen LogP contribution >= 0.6 is 0 Å². The number of aryl methyl sites for hydroxylation is 2. The van der Waals surface area contributed by atoms with E-state index in [4.69, 9.17) is 0 Å². The van der Waals surface area contributed by atoms with Gasteiger partial charge in [-0.05, 0) is 82.1 Å². The zero-order chi connectivity index (χ0) is 26.7. The Balaban J connectivity index is 1.70. The first-order valence-corrected chi connectivity index (χ1v) is 12.1. The molecule has 3 rings (SSSR count). The molecule has 2 amide bonds. The van der Waals surface area contributed by atoms with Crippen molar-refractivity contribution in [3.05, 3.63) is 64.5 Å². The fraction of sp³-hybridized carbons (Fsp3) is 0.519. The lowest BCUT2D eigenvalue weighted by molar-refractivity contribution is -0.194. The first kappa shape index (κ1) is 27.6. The van der Waals surface area contributed by atoms with Crippen molar-refractivity contribution >= 4 is 11.8 Å². The number of carbonyl (C=O) groups is 2. The van der Waals surface area contributed by atoms with E-state index in [0.29, 0.717) is 29.8 Å². The number of aromatic nitrogens is 1. The van der Waals surface area contributed by atoms with E-state index in [-0.39, 0.29) is 31.2 Å². The second kappa shape index (κ2) is 11.0. The van der Waals surface area contributed by atoms with Crippen LogP contribution in [0.3, 0.4) is 0 Å². The number of pyridine rings is 1. The summed E-state index contributed by atoms with van der Waals surface area (Å²) < 4.78 is 41.9. The molecule has 196 valence electrons. The van der Waals surface area contributed by atoms with Gasteiger partial charge >= 0.3 is 6.18 Å². The summed E-state index contributed by atoms with van der Waals surface area (Å²) in [6.45, 7) is 4.00. The van der Waals surface area contributed by atoms with Crippen molar-refractivity contribution in [2.45, 2.75) is 57.7 Å². The number of hydrogen-bond acceptors (Lipinski definition) is 4. The number of halogens is 3. The third-order valence-electron chi connectivity index (χ3n) is 7.30. The van der Waals surface area contributed by atoms with E-state index < -0.39 is 23.4 Å². The summed E-state index contributed by atoms with van der Waals surface area (Å²) >= 11 is 0. The normalized spacial score (nSPS) is 16.4. The van der Waals surface area contributed by atoms with Crippen molar-refractivity contribution in [2.24, 2.45) is 5.41 Å². The average molecular weight is 505 g/mol. The van der Waals surface area contributed by atoms with Crippen LogP contribution in [-0.2, 0) is 11.2 Å². The van der Waals surface area contributed by atoms with E-state index >= 15 is 0 Å². The Morgan fingerprint density at radius 1 is 1.14 bits per heavy atom. The summed E-state index contributed by atoms with van der Waals surface area (Å²) in [6.07, 6.45) is -2.50. The maximum absolute atomic E-state index is 14.0. The lowest BCUT2D eigenvalue weighted by Crippen LogP contribution is -2.43. The van der Waals surface area contributed by atoms with E-state index in [2.05, 4.69) is 15.6 Å². The maximum atomic E-state index is 14.0. The highest BCUT2D eigenvalue weighted by Crippen LogP contribution is 2.66. The molecule has 1 saturated carbocycles. The fourth-order valence-electron chi connectivity index (χ4n) is 4.67. The molecule has 2 N–H and O–H groups in total. The molecule has 0 radical (unpaired) electrons. The minimum absolute atomic E-state index is 0.0218. The second-order valence-corrected chi connectivity index (χ2v) is 9.99. The molecule has 6 nitrogen and oxygen atoms in total. The van der Waals surface area contributed by atoms with Crippen molar-refractivity contribution in [3.63, 3.8) is 0 Å². The molecule has 0 unspecified atom stereocenters. The molecule has 0 spiro atoms. The van der Waals surface area contributed by atoms with Gasteiger partial charge in [0.2, 0.25) is 5.91 Å². The molecule has 1 aliphatic carbocycles. The molecule has 2 aromatic rings. The Labute approximate surface area is 210 Å². The van der Waals surface area contributed by atoms with Gasteiger partial charge in [-0.25, -0.2) is 0 Å². The molecule has 36 heavy (non-hydrogen) atoms. The van der Waals surface area contributed by atoms with Gasteiger partial charge in [0.15, 0.2) is 0 Å². The van der Waals surface area contributed by atoms with Crippen LogP contribution < -0.4 is 10.6 Å². The van der Waals surface area contributed by atoms with Crippen molar-refractivity contribution in [1.29, 1.82) is 0 Å². The summed E-state index contributed by atoms with van der Waals surface area (Å²) in [7, 11) is 5.37. The van der Waals surface area contributed by atoms with E-state index in [9.17, 15) is 22.8 Å². The van der Waals surface area contributed by atoms with Gasteiger partial charge in [0.05, 0.1) is 5.41 Å². The Morgan fingerprint density at radius 2 is 1.83 bits per heavy atom. The van der Waals surface area contributed by atoms with E-state index in [0.717, 1.165) is 11.1 Å². The Morgan fingerprint density at radius 3 is 2.33 bits per heavy atom. The molecule has 9 heteroatoms. The minimum Gasteiger partial charge on any atom is -0.355 e. The van der Waals surface area contributed by atoms with E-state index in [1.165, 1.54) is 6.20 Å². The van der Waals surface area contributed by atoms with Crippen LogP contribution in [0.1, 0.15) is 57.9 Å². The number of amides is 2. The summed E-state index contributed by atoms with van der Waals surface area (Å²) in [5.74, 6) is -1.54. The van der Waals surface area contributed by atoms with Gasteiger partial charge in [0, 0.05) is 49.4 Å². The number of nitrogens with zero attached hydrogens (tertiary/aromatic N) is 2. The number of likely N-dealkylation sites (N-methyl/N-ethyl adjacent to an activating group) is 1. The van der Waals surface area contributed by atoms with Crippen LogP contribution in [0, 0.1) is 19.3 Å².